The summed E-state index contributed by atoms with van der Waals surface area (Å²) in [5.41, 5.74) is 1.11. The molecule has 0 aliphatic rings. The van der Waals surface area contributed by atoms with Gasteiger partial charge in [0, 0.05) is 11.4 Å². The fourth-order valence-electron chi connectivity index (χ4n) is 0.306. The molecule has 0 aromatic rings. The van der Waals surface area contributed by atoms with Crippen molar-refractivity contribution in [3.8, 4) is 0 Å². The third kappa shape index (κ3) is 4.32. The molecule has 1 atom stereocenters. The van der Waals surface area contributed by atoms with Gasteiger partial charge in [0.25, 0.3) is 0 Å². The van der Waals surface area contributed by atoms with Gasteiger partial charge in [0.05, 0.1) is 0 Å². The largest absolute Gasteiger partial charge is 0.253 e. The molecule has 0 aliphatic heterocycles. The summed E-state index contributed by atoms with van der Waals surface area (Å²) in [6, 6.07) is 0. The van der Waals surface area contributed by atoms with Gasteiger partial charge >= 0.3 is 0 Å². The van der Waals surface area contributed by atoms with Gasteiger partial charge in [0.2, 0.25) is 0 Å². The minimum Gasteiger partial charge on any atom is -0.253 e. The number of thiol groups is 1. The second-order valence-electron chi connectivity index (χ2n) is 2.00. The van der Waals surface area contributed by atoms with Gasteiger partial charge < -0.3 is 0 Å². The highest BCUT2D eigenvalue weighted by Crippen LogP contribution is 2.06. The van der Waals surface area contributed by atoms with E-state index < -0.39 is 0 Å². The van der Waals surface area contributed by atoms with Crippen molar-refractivity contribution in [1.82, 2.24) is 0 Å². The van der Waals surface area contributed by atoms with E-state index in [0.717, 1.165) is 5.57 Å². The van der Waals surface area contributed by atoms with E-state index in [1.54, 1.807) is 6.20 Å². The van der Waals surface area contributed by atoms with Crippen molar-refractivity contribution in [2.45, 2.75) is 19.1 Å². The van der Waals surface area contributed by atoms with Crippen molar-refractivity contribution in [1.29, 1.82) is 0 Å². The van der Waals surface area contributed by atoms with Crippen molar-refractivity contribution in [3.05, 3.63) is 11.8 Å². The zero-order chi connectivity index (χ0) is 7.98. The van der Waals surface area contributed by atoms with E-state index in [0.29, 0.717) is 0 Å². The minimum atomic E-state index is 0.252. The molecule has 0 spiro atoms. The smallest absolute Gasteiger partial charge is 0.114 e. The summed E-state index contributed by atoms with van der Waals surface area (Å²) < 4.78 is 0. The first-order valence-corrected chi connectivity index (χ1v) is 3.52. The highest BCUT2D eigenvalue weighted by molar-refractivity contribution is 7.81. The van der Waals surface area contributed by atoms with Gasteiger partial charge in [-0.05, 0) is 26.1 Å². The van der Waals surface area contributed by atoms with E-state index in [2.05, 4.69) is 29.3 Å². The lowest BCUT2D eigenvalue weighted by Gasteiger charge is -1.99. The topological polar surface area (TPSA) is 24.7 Å². The van der Waals surface area contributed by atoms with Gasteiger partial charge in [0.15, 0.2) is 0 Å². The molecule has 0 N–H and O–H groups in total. The Balaban J connectivity index is 3.91. The number of aliphatic imine (C=N–C) groups is 2. The van der Waals surface area contributed by atoms with E-state index in [9.17, 15) is 0 Å². The minimum absolute atomic E-state index is 0.252. The number of nitrogens with zero attached hydrogens (tertiary/aromatic N) is 2. The van der Waals surface area contributed by atoms with Crippen LogP contribution in [0.4, 0.5) is 0 Å². The van der Waals surface area contributed by atoms with Gasteiger partial charge in [0.1, 0.15) is 6.34 Å². The third-order valence-corrected chi connectivity index (χ3v) is 1.49. The summed E-state index contributed by atoms with van der Waals surface area (Å²) >= 11 is 4.21. The van der Waals surface area contributed by atoms with Crippen molar-refractivity contribution in [2.24, 2.45) is 9.98 Å². The predicted octanol–water partition coefficient (Wildman–Crippen LogP) is 1.94. The van der Waals surface area contributed by atoms with Gasteiger partial charge in [-0.3, -0.25) is 4.99 Å². The first-order chi connectivity index (χ1) is 4.68. The zero-order valence-electron chi connectivity index (χ0n) is 6.28. The lowest BCUT2D eigenvalue weighted by molar-refractivity contribution is 1.12. The molecule has 0 aliphatic carbocycles. The monoisotopic (exact) mass is 156 g/mol. The molecule has 56 valence electrons. The van der Waals surface area contributed by atoms with E-state index >= 15 is 0 Å². The molecule has 0 amide bonds. The molecule has 0 aromatic carbocycles. The molecule has 0 fully saturated rings. The van der Waals surface area contributed by atoms with Gasteiger partial charge in [-0.1, -0.05) is 0 Å². The molecule has 0 radical (unpaired) electrons. The van der Waals surface area contributed by atoms with E-state index in [4.69, 9.17) is 0 Å². The zero-order valence-corrected chi connectivity index (χ0v) is 7.18. The van der Waals surface area contributed by atoms with E-state index in [1.807, 2.05) is 13.8 Å². The van der Waals surface area contributed by atoms with Crippen LogP contribution in [0.1, 0.15) is 13.8 Å². The fraction of sp³-hybridized carbons (Fsp3) is 0.429. The average molecular weight is 156 g/mol. The Morgan fingerprint density at radius 3 is 2.70 bits per heavy atom. The van der Waals surface area contributed by atoms with Crippen LogP contribution in [0.5, 0.6) is 0 Å². The molecular weight excluding hydrogens is 144 g/mol. The molecule has 0 saturated heterocycles. The standard InChI is InChI=1S/C7H12N2S/c1-6(7(2)10)4-9-5-8-3/h4-5,7,10H,3H2,1-2H3/b6-4+,9-5-. The van der Waals surface area contributed by atoms with Crippen LogP contribution in [0.3, 0.4) is 0 Å². The maximum Gasteiger partial charge on any atom is 0.114 e. The Hall–Kier alpha value is -0.570. The first-order valence-electron chi connectivity index (χ1n) is 3.00. The molecule has 10 heavy (non-hydrogen) atoms. The summed E-state index contributed by atoms with van der Waals surface area (Å²) in [7, 11) is 0. The highest BCUT2D eigenvalue weighted by atomic mass is 32.1. The van der Waals surface area contributed by atoms with Crippen LogP contribution in [-0.2, 0) is 0 Å². The summed E-state index contributed by atoms with van der Waals surface area (Å²) in [6.07, 6.45) is 3.13. The second-order valence-corrected chi connectivity index (χ2v) is 2.77. The second kappa shape index (κ2) is 5.23. The van der Waals surface area contributed by atoms with Crippen LogP contribution in [0.2, 0.25) is 0 Å². The number of rotatable bonds is 3. The summed E-state index contributed by atoms with van der Waals surface area (Å²) in [6.45, 7) is 7.22. The fourth-order valence-corrected chi connectivity index (χ4v) is 0.373. The normalized spacial score (nSPS) is 15.7. The predicted molar refractivity (Wildman–Crippen MR) is 50.2 cm³/mol. The average Bonchev–Trinajstić information content (AvgIpc) is 1.88. The first kappa shape index (κ1) is 9.43. The maximum atomic E-state index is 4.21. The Morgan fingerprint density at radius 1 is 1.70 bits per heavy atom. The van der Waals surface area contributed by atoms with Gasteiger partial charge in [-0.25, -0.2) is 4.99 Å². The number of hydrogen-bond donors (Lipinski definition) is 1. The van der Waals surface area contributed by atoms with Crippen molar-refractivity contribution in [3.63, 3.8) is 0 Å². The number of hydrogen-bond acceptors (Lipinski definition) is 2. The lowest BCUT2D eigenvalue weighted by Crippen LogP contribution is -1.90. The van der Waals surface area contributed by atoms with Gasteiger partial charge in [-0.2, -0.15) is 12.6 Å². The Bertz CT molecular complexity index is 159. The van der Waals surface area contributed by atoms with E-state index in [1.165, 1.54) is 6.34 Å². The van der Waals surface area contributed by atoms with Crippen molar-refractivity contribution in [2.75, 3.05) is 0 Å². The van der Waals surface area contributed by atoms with Crippen LogP contribution < -0.4 is 0 Å². The van der Waals surface area contributed by atoms with Crippen molar-refractivity contribution < 1.29 is 0 Å². The highest BCUT2D eigenvalue weighted by Gasteiger charge is 1.93. The van der Waals surface area contributed by atoms with Crippen LogP contribution in [-0.4, -0.2) is 18.3 Å². The molecule has 0 rings (SSSR count). The lowest BCUT2D eigenvalue weighted by atomic mass is 10.2. The maximum absolute atomic E-state index is 4.21. The molecular formula is C7H12N2S. The molecule has 0 bridgehead atoms. The summed E-state index contributed by atoms with van der Waals surface area (Å²) in [5.74, 6) is 0. The Labute approximate surface area is 67.2 Å². The SMILES string of the molecule is C=N/C=N\C=C(/C)C(C)S. The van der Waals surface area contributed by atoms with Crippen LogP contribution in [0.25, 0.3) is 0 Å². The van der Waals surface area contributed by atoms with Crippen LogP contribution in [0, 0.1) is 0 Å². The Kier molecular flexibility index (Phi) is 4.94. The van der Waals surface area contributed by atoms with Crippen LogP contribution in [0.15, 0.2) is 21.8 Å². The molecule has 0 saturated carbocycles. The molecule has 2 nitrogen and oxygen atoms in total. The molecule has 0 aromatic heterocycles. The Morgan fingerprint density at radius 2 is 2.30 bits per heavy atom. The van der Waals surface area contributed by atoms with Gasteiger partial charge in [-0.15, -0.1) is 0 Å². The quantitative estimate of drug-likeness (QED) is 0.367. The van der Waals surface area contributed by atoms with E-state index in [-0.39, 0.29) is 5.25 Å². The summed E-state index contributed by atoms with van der Waals surface area (Å²) in [4.78, 5) is 7.30. The summed E-state index contributed by atoms with van der Waals surface area (Å²) in [5, 5.41) is 0.252. The molecule has 3 heteroatoms. The molecule has 0 heterocycles. The third-order valence-electron chi connectivity index (χ3n) is 1.09. The van der Waals surface area contributed by atoms with Crippen molar-refractivity contribution >= 4 is 25.7 Å². The van der Waals surface area contributed by atoms with Crippen LogP contribution >= 0.6 is 12.6 Å². The molecule has 1 unspecified atom stereocenters.